The summed E-state index contributed by atoms with van der Waals surface area (Å²) in [6.45, 7) is 66.2. The molecular weight excluding hydrogens is 573 g/mol. The van der Waals surface area contributed by atoms with Crippen molar-refractivity contribution in [2.75, 3.05) is 0 Å². The minimum absolute atomic E-state index is 1.33. The quantitative estimate of drug-likeness (QED) is 0.233. The maximum absolute atomic E-state index is 3.01. The van der Waals surface area contributed by atoms with E-state index in [0.717, 1.165) is 0 Å². The maximum Gasteiger partial charge on any atom is 0.0307 e. The van der Waals surface area contributed by atoms with Gasteiger partial charge in [-0.2, -0.15) is 0 Å². The van der Waals surface area contributed by atoms with Gasteiger partial charge in [-0.3, -0.25) is 0 Å². The number of hydrogen-bond donors (Lipinski definition) is 0. The summed E-state index contributed by atoms with van der Waals surface area (Å²) in [5, 5.41) is 0. The number of rotatable bonds is 0. The fourth-order valence-corrected chi connectivity index (χ4v) is 455. The van der Waals surface area contributed by atoms with Gasteiger partial charge in [-0.25, -0.2) is 0 Å². The Morgan fingerprint density at radius 1 is 0.121 bits per heavy atom. The summed E-state index contributed by atoms with van der Waals surface area (Å²) in [6, 6.07) is 0. The molecule has 1 saturated heterocycles. The molecule has 0 aliphatic carbocycles. The lowest BCUT2D eigenvalue weighted by Crippen LogP contribution is -2.93. The first kappa shape index (κ1) is 33.4. The minimum Gasteiger partial charge on any atom is -0.0735 e. The van der Waals surface area contributed by atoms with Crippen LogP contribution in [0.3, 0.4) is 0 Å². The minimum atomic E-state index is -1.33. The van der Waals surface area contributed by atoms with Crippen LogP contribution in [0.15, 0.2) is 0 Å². The van der Waals surface area contributed by atoms with Crippen LogP contribution in [0.2, 0.25) is 144 Å². The van der Waals surface area contributed by atoms with Gasteiger partial charge < -0.3 is 0 Å². The van der Waals surface area contributed by atoms with Crippen LogP contribution in [-0.2, 0) is 0 Å². The second-order valence-corrected chi connectivity index (χ2v) is 153. The van der Waals surface area contributed by atoms with Gasteiger partial charge in [0.2, 0.25) is 0 Å². The van der Waals surface area contributed by atoms with Crippen molar-refractivity contribution in [1.82, 2.24) is 0 Å². The van der Waals surface area contributed by atoms with E-state index in [0.29, 0.717) is 0 Å². The molecule has 0 unspecified atom stereocenters. The van der Waals surface area contributed by atoms with Crippen LogP contribution in [0.5, 0.6) is 0 Å². The average molecular weight is 640 g/mol. The second kappa shape index (κ2) is 8.20. The van der Waals surface area contributed by atoms with Crippen LogP contribution < -0.4 is 0 Å². The van der Waals surface area contributed by atoms with Gasteiger partial charge in [0.05, 0.1) is 0 Å². The molecule has 1 aliphatic rings. The fourth-order valence-electron chi connectivity index (χ4n) is 8.59. The predicted molar refractivity (Wildman–Crippen MR) is 192 cm³/mol. The predicted octanol–water partition coefficient (Wildman–Crippen LogP) is 8.65. The Kier molecular flexibility index (Phi) is 8.30. The Hall–Kier alpha value is 2.39. The van der Waals surface area contributed by atoms with Crippen LogP contribution >= 0.6 is 0 Å². The van der Waals surface area contributed by atoms with Gasteiger partial charge in [-0.15, -0.1) is 0 Å². The summed E-state index contributed by atoms with van der Waals surface area (Å²) >= 11 is 0. The van der Waals surface area contributed by atoms with Crippen LogP contribution in [-0.4, -0.2) is 78.2 Å². The Morgan fingerprint density at radius 3 is 0.182 bits per heavy atom. The molecule has 198 valence electrons. The van der Waals surface area contributed by atoms with Crippen LogP contribution in [0.1, 0.15) is 0 Å². The SMILES string of the molecule is C[Si]1(C)[Si](C)(C)[Si](C)(C)[Si](C)(C)[Si](C)(C)[Si](C)(C)[Si](C)(C)[Si](C)(C)[Si](C)(C)[Si](C)(C)[Si]1(C)C. The van der Waals surface area contributed by atoms with Crippen LogP contribution in [0.25, 0.3) is 0 Å². The highest BCUT2D eigenvalue weighted by Gasteiger charge is 2.76. The molecule has 1 rings (SSSR count). The molecule has 0 N–H and O–H groups in total. The Bertz CT molecular complexity index is 512. The highest BCUT2D eigenvalue weighted by atomic mass is 30.2. The third kappa shape index (κ3) is 3.51. The molecule has 0 bridgehead atoms. The van der Waals surface area contributed by atoms with Gasteiger partial charge in [-0.1, -0.05) is 144 Å². The van der Waals surface area contributed by atoms with E-state index in [1.165, 1.54) is 0 Å². The van der Waals surface area contributed by atoms with E-state index in [1.807, 2.05) is 0 Å². The molecular formula is C22H66Si11. The lowest BCUT2D eigenvalue weighted by molar-refractivity contribution is 1.74. The van der Waals surface area contributed by atoms with Crippen LogP contribution in [0.4, 0.5) is 0 Å². The summed E-state index contributed by atoms with van der Waals surface area (Å²) in [5.41, 5.74) is 0. The molecule has 0 saturated carbocycles. The van der Waals surface area contributed by atoms with Gasteiger partial charge in [0.1, 0.15) is 0 Å². The molecule has 0 atom stereocenters. The monoisotopic (exact) mass is 638 g/mol. The zero-order valence-corrected chi connectivity index (χ0v) is 38.5. The largest absolute Gasteiger partial charge is 0.0735 e. The van der Waals surface area contributed by atoms with E-state index < -0.39 is 78.2 Å². The van der Waals surface area contributed by atoms with Gasteiger partial charge in [0.15, 0.2) is 0 Å². The molecule has 1 aliphatic heterocycles. The average Bonchev–Trinajstić information content (AvgIpc) is 2.58. The smallest absolute Gasteiger partial charge is 0.0307 e. The van der Waals surface area contributed by atoms with Gasteiger partial charge in [0, 0.05) is 78.2 Å². The molecule has 0 spiro atoms. The molecule has 0 aromatic carbocycles. The molecule has 0 aromatic heterocycles. The zero-order valence-electron chi connectivity index (χ0n) is 27.5. The Balaban J connectivity index is 4.49. The van der Waals surface area contributed by atoms with E-state index in [9.17, 15) is 0 Å². The standard InChI is InChI=1S/C22H66Si11/c1-23(2)24(3,4)26(7,8)28(11,12)30(15,16)32(19,20)33(21,22)31(17,18)29(13,14)27(9,10)25(23,5)6/h1-22H3. The normalized spacial score (nSPS) is 34.0. The highest BCUT2D eigenvalue weighted by molar-refractivity contribution is 8.14. The van der Waals surface area contributed by atoms with Crippen molar-refractivity contribution in [3.63, 3.8) is 0 Å². The second-order valence-electron chi connectivity index (χ2n) is 17.9. The lowest BCUT2D eigenvalue weighted by atomic mass is 11.9. The van der Waals surface area contributed by atoms with E-state index in [2.05, 4.69) is 144 Å². The first-order valence-electron chi connectivity index (χ1n) is 13.8. The molecule has 0 nitrogen and oxygen atoms in total. The van der Waals surface area contributed by atoms with Gasteiger partial charge in [0.25, 0.3) is 0 Å². The Labute approximate surface area is 220 Å². The fraction of sp³-hybridized carbons (Fsp3) is 1.00. The molecule has 11 heteroatoms. The summed E-state index contributed by atoms with van der Waals surface area (Å²) in [6.07, 6.45) is 0. The number of hydrogen-bond acceptors (Lipinski definition) is 0. The summed E-state index contributed by atoms with van der Waals surface area (Å²) in [5.74, 6) is 0. The Morgan fingerprint density at radius 2 is 0.152 bits per heavy atom. The molecule has 1 heterocycles. The van der Waals surface area contributed by atoms with E-state index in [-0.39, 0.29) is 0 Å². The van der Waals surface area contributed by atoms with E-state index in [4.69, 9.17) is 0 Å². The van der Waals surface area contributed by atoms with Gasteiger partial charge >= 0.3 is 0 Å². The third-order valence-electron chi connectivity index (χ3n) is 17.2. The van der Waals surface area contributed by atoms with Crippen molar-refractivity contribution in [3.05, 3.63) is 0 Å². The van der Waals surface area contributed by atoms with Crippen molar-refractivity contribution in [2.24, 2.45) is 0 Å². The van der Waals surface area contributed by atoms with Crippen molar-refractivity contribution in [2.45, 2.75) is 144 Å². The highest BCUT2D eigenvalue weighted by Crippen LogP contribution is 2.52. The zero-order chi connectivity index (χ0) is 27.5. The molecule has 33 heavy (non-hydrogen) atoms. The van der Waals surface area contributed by atoms with Crippen molar-refractivity contribution in [3.8, 4) is 0 Å². The van der Waals surface area contributed by atoms with Crippen molar-refractivity contribution in [1.29, 1.82) is 0 Å². The van der Waals surface area contributed by atoms with E-state index >= 15 is 0 Å². The summed E-state index contributed by atoms with van der Waals surface area (Å²) in [7, 11) is -14.6. The first-order chi connectivity index (χ1) is 13.8. The van der Waals surface area contributed by atoms with Crippen molar-refractivity contribution >= 4 is 78.2 Å². The molecule has 0 amide bonds. The van der Waals surface area contributed by atoms with Crippen LogP contribution in [0, 0.1) is 0 Å². The topological polar surface area (TPSA) is 0 Å². The third-order valence-corrected chi connectivity index (χ3v) is 303. The summed E-state index contributed by atoms with van der Waals surface area (Å²) < 4.78 is 0. The molecule has 0 aromatic rings. The molecule has 0 radical (unpaired) electrons. The lowest BCUT2D eigenvalue weighted by Gasteiger charge is -2.66. The summed E-state index contributed by atoms with van der Waals surface area (Å²) in [4.78, 5) is 0. The van der Waals surface area contributed by atoms with E-state index in [1.54, 1.807) is 0 Å². The maximum atomic E-state index is 3.01. The van der Waals surface area contributed by atoms with Crippen molar-refractivity contribution < 1.29 is 0 Å². The van der Waals surface area contributed by atoms with Gasteiger partial charge in [-0.05, 0) is 0 Å². The molecule has 1 fully saturated rings. The first-order valence-corrected chi connectivity index (χ1v) is 57.8.